The topological polar surface area (TPSA) is 74.2 Å². The van der Waals surface area contributed by atoms with Crippen molar-refractivity contribution in [1.82, 2.24) is 10.3 Å². The third-order valence-corrected chi connectivity index (χ3v) is 3.21. The predicted octanol–water partition coefficient (Wildman–Crippen LogP) is 1.98. The number of aromatic nitrogens is 1. The second-order valence-electron chi connectivity index (χ2n) is 5.40. The maximum atomic E-state index is 12.9. The first-order valence-electron chi connectivity index (χ1n) is 6.27. The molecular weight excluding hydrogens is 268 g/mol. The lowest BCUT2D eigenvalue weighted by Crippen LogP contribution is -2.65. The molecule has 1 aromatic heterocycles. The Morgan fingerprint density at radius 3 is 2.55 bits per heavy atom. The van der Waals surface area contributed by atoms with Crippen molar-refractivity contribution in [3.8, 4) is 0 Å². The third kappa shape index (κ3) is 3.22. The average Bonchev–Trinajstić information content (AvgIpc) is 2.24. The van der Waals surface area contributed by atoms with Crippen molar-refractivity contribution in [2.75, 3.05) is 11.9 Å². The van der Waals surface area contributed by atoms with Gasteiger partial charge in [0.2, 0.25) is 0 Å². The molecule has 1 aliphatic rings. The number of nitrogens with zero attached hydrogens (tertiary/aromatic N) is 1. The molecule has 0 aromatic carbocycles. The van der Waals surface area contributed by atoms with E-state index in [1.807, 2.05) is 13.0 Å². The zero-order valence-corrected chi connectivity index (χ0v) is 11.3. The monoisotopic (exact) mass is 285 g/mol. The highest BCUT2D eigenvalue weighted by molar-refractivity contribution is 5.89. The minimum atomic E-state index is -2.83. The first-order chi connectivity index (χ1) is 9.23. The number of aliphatic hydroxyl groups excluding tert-OH is 1. The van der Waals surface area contributed by atoms with Crippen LogP contribution in [0.2, 0.25) is 0 Å². The van der Waals surface area contributed by atoms with Gasteiger partial charge in [0.25, 0.3) is 5.92 Å². The molecule has 0 unspecified atom stereocenters. The van der Waals surface area contributed by atoms with Gasteiger partial charge < -0.3 is 10.4 Å². The maximum absolute atomic E-state index is 12.9. The number of aliphatic hydroxyl groups is 1. The number of hydrogen-bond acceptors (Lipinski definition) is 3. The Labute approximate surface area is 115 Å². The Bertz CT molecular complexity index is 506. The fourth-order valence-corrected chi connectivity index (χ4v) is 2.47. The molecular formula is C13H17F2N3O2. The molecule has 0 saturated heterocycles. The van der Waals surface area contributed by atoms with Crippen LogP contribution in [0.3, 0.4) is 0 Å². The van der Waals surface area contributed by atoms with E-state index in [1.54, 1.807) is 13.0 Å². The second-order valence-corrected chi connectivity index (χ2v) is 5.40. The van der Waals surface area contributed by atoms with E-state index in [0.717, 1.165) is 11.3 Å². The summed E-state index contributed by atoms with van der Waals surface area (Å²) >= 11 is 0. The van der Waals surface area contributed by atoms with Gasteiger partial charge in [-0.2, -0.15) is 0 Å². The molecule has 1 saturated carbocycles. The van der Waals surface area contributed by atoms with E-state index in [1.165, 1.54) is 0 Å². The molecule has 1 aromatic rings. The number of halogens is 2. The number of rotatable bonds is 3. The van der Waals surface area contributed by atoms with Crippen molar-refractivity contribution in [1.29, 1.82) is 0 Å². The van der Waals surface area contributed by atoms with Crippen molar-refractivity contribution in [2.45, 2.75) is 38.2 Å². The van der Waals surface area contributed by atoms with E-state index >= 15 is 0 Å². The summed E-state index contributed by atoms with van der Waals surface area (Å²) in [6.07, 6.45) is -1.10. The molecule has 1 heterocycles. The van der Waals surface area contributed by atoms with Gasteiger partial charge in [0.1, 0.15) is 5.82 Å². The van der Waals surface area contributed by atoms with E-state index < -0.39 is 36.9 Å². The first kappa shape index (κ1) is 14.6. The van der Waals surface area contributed by atoms with Gasteiger partial charge in [-0.15, -0.1) is 0 Å². The third-order valence-electron chi connectivity index (χ3n) is 3.21. The van der Waals surface area contributed by atoms with E-state index in [4.69, 9.17) is 0 Å². The average molecular weight is 285 g/mol. The van der Waals surface area contributed by atoms with Crippen LogP contribution in [0.1, 0.15) is 24.1 Å². The Morgan fingerprint density at radius 1 is 1.40 bits per heavy atom. The molecule has 1 fully saturated rings. The fourth-order valence-electron chi connectivity index (χ4n) is 2.47. The van der Waals surface area contributed by atoms with Crippen LogP contribution in [-0.2, 0) is 0 Å². The van der Waals surface area contributed by atoms with Gasteiger partial charge in [0.05, 0.1) is 12.1 Å². The predicted molar refractivity (Wildman–Crippen MR) is 69.9 cm³/mol. The van der Waals surface area contributed by atoms with Crippen LogP contribution < -0.4 is 10.6 Å². The van der Waals surface area contributed by atoms with Crippen molar-refractivity contribution in [3.05, 3.63) is 23.4 Å². The maximum Gasteiger partial charge on any atom is 0.320 e. The second kappa shape index (κ2) is 4.97. The zero-order valence-electron chi connectivity index (χ0n) is 11.3. The first-order valence-corrected chi connectivity index (χ1v) is 6.27. The molecule has 7 heteroatoms. The number of anilines is 1. The van der Waals surface area contributed by atoms with Gasteiger partial charge in [-0.05, 0) is 31.5 Å². The molecule has 20 heavy (non-hydrogen) atoms. The molecule has 0 bridgehead atoms. The lowest BCUT2D eigenvalue weighted by atomic mass is 9.74. The molecule has 0 spiro atoms. The van der Waals surface area contributed by atoms with Crippen molar-refractivity contribution >= 4 is 11.8 Å². The summed E-state index contributed by atoms with van der Waals surface area (Å²) in [4.78, 5) is 15.9. The smallest absolute Gasteiger partial charge is 0.320 e. The summed E-state index contributed by atoms with van der Waals surface area (Å²) in [7, 11) is 0. The van der Waals surface area contributed by atoms with Gasteiger partial charge in [-0.25, -0.2) is 18.6 Å². The van der Waals surface area contributed by atoms with Crippen LogP contribution in [0.4, 0.5) is 19.4 Å². The summed E-state index contributed by atoms with van der Waals surface area (Å²) in [6.45, 7) is 3.13. The Hall–Kier alpha value is -1.76. The van der Waals surface area contributed by atoms with E-state index in [-0.39, 0.29) is 0 Å². The number of hydrogen-bond donors (Lipinski definition) is 3. The van der Waals surface area contributed by atoms with Crippen LogP contribution in [0, 0.1) is 13.8 Å². The molecule has 2 amide bonds. The van der Waals surface area contributed by atoms with Crippen molar-refractivity contribution in [3.63, 3.8) is 0 Å². The largest absolute Gasteiger partial charge is 0.394 e. The number of carbonyl (C=O) groups excluding carboxylic acids is 1. The minimum Gasteiger partial charge on any atom is -0.394 e. The molecule has 5 nitrogen and oxygen atoms in total. The number of alkyl halides is 2. The van der Waals surface area contributed by atoms with Gasteiger partial charge >= 0.3 is 6.03 Å². The van der Waals surface area contributed by atoms with Crippen LogP contribution in [-0.4, -0.2) is 34.2 Å². The van der Waals surface area contributed by atoms with Gasteiger partial charge in [0, 0.05) is 18.5 Å². The molecule has 0 atom stereocenters. The zero-order chi connectivity index (χ0) is 15.0. The number of aryl methyl sites for hydroxylation is 2. The van der Waals surface area contributed by atoms with Crippen LogP contribution >= 0.6 is 0 Å². The molecule has 2 rings (SSSR count). The highest BCUT2D eigenvalue weighted by atomic mass is 19.3. The quantitative estimate of drug-likeness (QED) is 0.795. The molecule has 1 aliphatic carbocycles. The van der Waals surface area contributed by atoms with E-state index in [2.05, 4.69) is 15.6 Å². The lowest BCUT2D eigenvalue weighted by Gasteiger charge is -2.46. The number of nitrogens with one attached hydrogen (secondary N) is 2. The standard InChI is InChI=1S/C13H17F2N3O2/c1-8-3-9(2)16-10(4-8)17-11(20)18-12(7-19)5-13(14,15)6-12/h3-4,19H,5-7H2,1-2H3,(H2,16,17,18,20). The normalized spacial score (nSPS) is 19.1. The summed E-state index contributed by atoms with van der Waals surface area (Å²) in [6, 6.07) is 2.88. The summed E-state index contributed by atoms with van der Waals surface area (Å²) < 4.78 is 25.8. The summed E-state index contributed by atoms with van der Waals surface area (Å²) in [5.74, 6) is -2.48. The molecule has 3 N–H and O–H groups in total. The fraction of sp³-hybridized carbons (Fsp3) is 0.538. The number of pyridine rings is 1. The van der Waals surface area contributed by atoms with Crippen LogP contribution in [0.5, 0.6) is 0 Å². The molecule has 0 aliphatic heterocycles. The van der Waals surface area contributed by atoms with Crippen LogP contribution in [0.25, 0.3) is 0 Å². The number of amides is 2. The lowest BCUT2D eigenvalue weighted by molar-refractivity contribution is -0.142. The summed E-state index contributed by atoms with van der Waals surface area (Å²) in [5.41, 5.74) is 0.430. The number of carbonyl (C=O) groups is 1. The Morgan fingerprint density at radius 2 is 2.05 bits per heavy atom. The molecule has 110 valence electrons. The van der Waals surface area contributed by atoms with Gasteiger partial charge in [-0.3, -0.25) is 5.32 Å². The van der Waals surface area contributed by atoms with E-state index in [9.17, 15) is 18.7 Å². The highest BCUT2D eigenvalue weighted by Crippen LogP contribution is 2.45. The van der Waals surface area contributed by atoms with E-state index in [0.29, 0.717) is 5.82 Å². The summed E-state index contributed by atoms with van der Waals surface area (Å²) in [5, 5.41) is 14.1. The molecule has 0 radical (unpaired) electrons. The van der Waals surface area contributed by atoms with Gasteiger partial charge in [-0.1, -0.05) is 0 Å². The van der Waals surface area contributed by atoms with Crippen LogP contribution in [0.15, 0.2) is 12.1 Å². The van der Waals surface area contributed by atoms with Crippen molar-refractivity contribution < 1.29 is 18.7 Å². The van der Waals surface area contributed by atoms with Crippen molar-refractivity contribution in [2.24, 2.45) is 0 Å². The Balaban J connectivity index is 1.99. The van der Waals surface area contributed by atoms with Gasteiger partial charge in [0.15, 0.2) is 0 Å². The highest BCUT2D eigenvalue weighted by Gasteiger charge is 2.57. The Kier molecular flexibility index (Phi) is 3.64. The SMILES string of the molecule is Cc1cc(C)nc(NC(=O)NC2(CO)CC(F)(F)C2)c1. The number of urea groups is 1. The minimum absolute atomic E-state index is 0.346.